The number of fused-ring (bicyclic) bond motifs is 4. The molecule has 2 aliphatic carbocycles. The van der Waals surface area contributed by atoms with Crippen molar-refractivity contribution in [2.24, 2.45) is 29.1 Å². The first-order chi connectivity index (χ1) is 23.6. The van der Waals surface area contributed by atoms with Gasteiger partial charge in [0.1, 0.15) is 0 Å². The Hall–Kier alpha value is -4.67. The molecule has 1 saturated carbocycles. The van der Waals surface area contributed by atoms with E-state index < -0.39 is 35.0 Å². The summed E-state index contributed by atoms with van der Waals surface area (Å²) in [4.78, 5) is 62.2. The van der Waals surface area contributed by atoms with Gasteiger partial charge in [-0.25, -0.2) is 4.90 Å². The molecule has 0 bridgehead atoms. The van der Waals surface area contributed by atoms with Crippen molar-refractivity contribution in [3.63, 3.8) is 0 Å². The van der Waals surface area contributed by atoms with Crippen molar-refractivity contribution >= 4 is 52.3 Å². The first-order valence-corrected chi connectivity index (χ1v) is 17.0. The van der Waals surface area contributed by atoms with E-state index in [1.807, 2.05) is 43.3 Å². The van der Waals surface area contributed by atoms with E-state index >= 15 is 0 Å². The fourth-order valence-corrected chi connectivity index (χ4v) is 9.24. The summed E-state index contributed by atoms with van der Waals surface area (Å²) in [6, 6.07) is 19.6. The minimum Gasteiger partial charge on any atom is -0.503 e. The molecular formula is C38H36ClN3O7. The number of rotatable bonds is 5. The van der Waals surface area contributed by atoms with E-state index in [1.54, 1.807) is 36.4 Å². The van der Waals surface area contributed by atoms with E-state index in [0.29, 0.717) is 36.6 Å². The molecule has 4 fully saturated rings. The number of carbonyl (C=O) groups is 4. The van der Waals surface area contributed by atoms with Crippen molar-refractivity contribution in [1.82, 2.24) is 0 Å². The largest absolute Gasteiger partial charge is 0.503 e. The molecular weight excluding hydrogens is 646 g/mol. The predicted molar refractivity (Wildman–Crippen MR) is 183 cm³/mol. The Balaban J connectivity index is 1.21. The molecule has 0 aromatic heterocycles. The molecule has 4 amide bonds. The molecule has 3 aromatic carbocycles. The third kappa shape index (κ3) is 4.64. The van der Waals surface area contributed by atoms with Crippen LogP contribution in [0.15, 0.2) is 78.4 Å². The molecule has 3 aromatic rings. The maximum Gasteiger partial charge on any atom is 0.241 e. The molecule has 0 radical (unpaired) electrons. The second-order valence-corrected chi connectivity index (χ2v) is 14.1. The van der Waals surface area contributed by atoms with Crippen LogP contribution in [0.2, 0.25) is 5.02 Å². The Morgan fingerprint density at radius 1 is 0.857 bits per heavy atom. The lowest BCUT2D eigenvalue weighted by Crippen LogP contribution is -2.48. The number of imide groups is 2. The number of hydrogen-bond acceptors (Lipinski definition) is 8. The molecule has 3 heterocycles. The van der Waals surface area contributed by atoms with Crippen LogP contribution in [0.4, 0.5) is 17.1 Å². The number of hydrogen-bond donors (Lipinski definition) is 1. The molecule has 8 rings (SSSR count). The second kappa shape index (κ2) is 11.7. The lowest BCUT2D eigenvalue weighted by molar-refractivity contribution is -0.131. The minimum absolute atomic E-state index is 0.0430. The van der Waals surface area contributed by atoms with Gasteiger partial charge < -0.3 is 19.5 Å². The van der Waals surface area contributed by atoms with E-state index in [1.165, 1.54) is 16.9 Å². The average Bonchev–Trinajstić information content (AvgIpc) is 3.49. The number of benzene rings is 3. The molecule has 1 N–H and O–H groups in total. The second-order valence-electron chi connectivity index (χ2n) is 13.7. The minimum atomic E-state index is -1.24. The smallest absolute Gasteiger partial charge is 0.241 e. The number of anilines is 3. The highest BCUT2D eigenvalue weighted by Gasteiger charge is 2.67. The molecule has 3 aliphatic heterocycles. The monoisotopic (exact) mass is 681 g/mol. The van der Waals surface area contributed by atoms with Crippen LogP contribution in [0.25, 0.3) is 0 Å². The maximum absolute atomic E-state index is 14.6. The van der Waals surface area contributed by atoms with Crippen molar-refractivity contribution in [2.45, 2.75) is 25.7 Å². The van der Waals surface area contributed by atoms with Gasteiger partial charge in [0, 0.05) is 24.7 Å². The molecule has 49 heavy (non-hydrogen) atoms. The number of allylic oxidation sites excluding steroid dienone is 2. The fourth-order valence-electron chi connectivity index (χ4n) is 9.02. The Morgan fingerprint density at radius 2 is 1.53 bits per heavy atom. The lowest BCUT2D eigenvalue weighted by Gasteiger charge is -2.49. The van der Waals surface area contributed by atoms with E-state index in [4.69, 9.17) is 21.1 Å². The van der Waals surface area contributed by atoms with Gasteiger partial charge in [0.15, 0.2) is 11.5 Å². The highest BCUT2D eigenvalue weighted by atomic mass is 35.5. The van der Waals surface area contributed by atoms with Gasteiger partial charge >= 0.3 is 0 Å². The zero-order valence-electron chi connectivity index (χ0n) is 27.2. The molecule has 3 saturated heterocycles. The van der Waals surface area contributed by atoms with Gasteiger partial charge in [-0.3, -0.25) is 24.1 Å². The number of phenolic OH excluding ortho intramolecular Hbond substituents is 1. The topological polar surface area (TPSA) is 117 Å². The normalized spacial score (nSPS) is 29.5. The Labute approximate surface area is 288 Å². The van der Waals surface area contributed by atoms with E-state index in [9.17, 15) is 24.3 Å². The van der Waals surface area contributed by atoms with Crippen LogP contribution in [0.5, 0.6) is 11.5 Å². The number of amides is 4. The Bertz CT molecular complexity index is 1910. The quantitative estimate of drug-likeness (QED) is 0.284. The number of ether oxygens (including phenoxy) is 2. The SMILES string of the molecule is COc1cc(C2C3=CCC4C(=O)N(c5ccc(N6CCOCC6)cc5)C(=O)C4C3CC3C(=O)N(c4ccccc4)C(=O)C32C)cc(Cl)c1O. The summed E-state index contributed by atoms with van der Waals surface area (Å²) in [5, 5.41) is 10.7. The summed E-state index contributed by atoms with van der Waals surface area (Å²) in [5.74, 6) is -4.60. The number of morpholine rings is 1. The van der Waals surface area contributed by atoms with Crippen LogP contribution in [0, 0.1) is 29.1 Å². The van der Waals surface area contributed by atoms with Crippen molar-refractivity contribution in [3.8, 4) is 11.5 Å². The number of nitrogens with zero attached hydrogens (tertiary/aromatic N) is 3. The summed E-state index contributed by atoms with van der Waals surface area (Å²) in [6.45, 7) is 4.64. The fraction of sp³-hybridized carbons (Fsp3) is 0.368. The Kier molecular flexibility index (Phi) is 7.57. The van der Waals surface area contributed by atoms with E-state index in [2.05, 4.69) is 4.90 Å². The van der Waals surface area contributed by atoms with Gasteiger partial charge in [0.25, 0.3) is 0 Å². The first kappa shape index (κ1) is 31.6. The van der Waals surface area contributed by atoms with Gasteiger partial charge in [-0.05, 0) is 79.8 Å². The molecule has 252 valence electrons. The molecule has 11 heteroatoms. The maximum atomic E-state index is 14.6. The molecule has 6 unspecified atom stereocenters. The van der Waals surface area contributed by atoms with Gasteiger partial charge in [-0.15, -0.1) is 0 Å². The van der Waals surface area contributed by atoms with Crippen LogP contribution in [-0.4, -0.2) is 62.1 Å². The summed E-state index contributed by atoms with van der Waals surface area (Å²) < 4.78 is 10.9. The average molecular weight is 682 g/mol. The number of phenols is 1. The van der Waals surface area contributed by atoms with Crippen LogP contribution in [0.1, 0.15) is 31.2 Å². The van der Waals surface area contributed by atoms with Crippen molar-refractivity contribution < 1.29 is 33.8 Å². The van der Waals surface area contributed by atoms with Gasteiger partial charge in [0.2, 0.25) is 23.6 Å². The van der Waals surface area contributed by atoms with Crippen LogP contribution >= 0.6 is 11.6 Å². The highest BCUT2D eigenvalue weighted by Crippen LogP contribution is 2.64. The third-order valence-electron chi connectivity index (χ3n) is 11.4. The zero-order valence-corrected chi connectivity index (χ0v) is 27.9. The van der Waals surface area contributed by atoms with Crippen LogP contribution in [0.3, 0.4) is 0 Å². The van der Waals surface area contributed by atoms with Crippen molar-refractivity contribution in [3.05, 3.63) is 89.0 Å². The number of halogens is 1. The van der Waals surface area contributed by atoms with Crippen LogP contribution in [-0.2, 0) is 23.9 Å². The summed E-state index contributed by atoms with van der Waals surface area (Å²) in [6.07, 6.45) is 2.54. The van der Waals surface area contributed by atoms with E-state index in [-0.39, 0.29) is 46.6 Å². The molecule has 6 atom stereocenters. The zero-order chi connectivity index (χ0) is 34.2. The van der Waals surface area contributed by atoms with Crippen molar-refractivity contribution in [1.29, 1.82) is 0 Å². The number of carbonyl (C=O) groups excluding carboxylic acids is 4. The summed E-state index contributed by atoms with van der Waals surface area (Å²) in [7, 11) is 1.42. The number of para-hydroxylation sites is 1. The summed E-state index contributed by atoms with van der Waals surface area (Å²) in [5.41, 5.74) is 2.15. The predicted octanol–water partition coefficient (Wildman–Crippen LogP) is 5.33. The van der Waals surface area contributed by atoms with Crippen molar-refractivity contribution in [2.75, 3.05) is 48.1 Å². The first-order valence-electron chi connectivity index (χ1n) is 16.7. The summed E-state index contributed by atoms with van der Waals surface area (Å²) >= 11 is 6.52. The van der Waals surface area contributed by atoms with Gasteiger partial charge in [0.05, 0.1) is 59.9 Å². The van der Waals surface area contributed by atoms with Gasteiger partial charge in [-0.1, -0.05) is 41.4 Å². The molecule has 5 aliphatic rings. The van der Waals surface area contributed by atoms with E-state index in [0.717, 1.165) is 24.4 Å². The lowest BCUT2D eigenvalue weighted by atomic mass is 9.51. The molecule has 10 nitrogen and oxygen atoms in total. The Morgan fingerprint density at radius 3 is 2.22 bits per heavy atom. The van der Waals surface area contributed by atoms with Crippen LogP contribution < -0.4 is 19.4 Å². The number of aromatic hydroxyl groups is 1. The van der Waals surface area contributed by atoms with Gasteiger partial charge in [-0.2, -0.15) is 0 Å². The highest BCUT2D eigenvalue weighted by molar-refractivity contribution is 6.32. The molecule has 0 spiro atoms. The number of methoxy groups -OCH3 is 1. The standard InChI is InChI=1S/C38H36ClN3O7/c1-38-28(35(45)42(37(38)47)23-6-4-3-5-7-23)20-27-25(32(38)21-18-29(39)33(43)30(19-21)48-2)12-13-26-31(27)36(46)41(34(26)44)24-10-8-22(9-11-24)40-14-16-49-17-15-40/h3-12,18-19,26-28,31-32,43H,13-17,20H2,1-2H3. The third-order valence-corrected chi connectivity index (χ3v) is 11.7.